The van der Waals surface area contributed by atoms with E-state index in [1.54, 1.807) is 17.8 Å². The zero-order valence-corrected chi connectivity index (χ0v) is 16.5. The number of halogens is 6. The van der Waals surface area contributed by atoms with Gasteiger partial charge in [0.25, 0.3) is 0 Å². The molecule has 158 valence electrons. The minimum atomic E-state index is -5.08. The monoisotopic (exact) mass is 453 g/mol. The summed E-state index contributed by atoms with van der Waals surface area (Å²) in [7, 11) is 0. The number of nitrogens with one attached hydrogen (secondary N) is 1. The first kappa shape index (κ1) is 23.4. The van der Waals surface area contributed by atoms with E-state index in [0.717, 1.165) is 41.4 Å². The molecule has 0 bridgehead atoms. The van der Waals surface area contributed by atoms with E-state index < -0.39 is 23.8 Å². The Kier molecular flexibility index (Phi) is 8.30. The molecule has 10 heteroatoms. The maximum Gasteiger partial charge on any atom is 0.490 e. The molecule has 0 atom stereocenters. The molecule has 0 unspecified atom stereocenters. The molecule has 0 aromatic heterocycles. The molecule has 1 aliphatic rings. The molecule has 2 aromatic carbocycles. The SMILES string of the molecule is Fc1ccc(CSc2c(Cl)ccc3c2CCNCC3)cc1F.O=C(O)C(F)(F)F. The minimum Gasteiger partial charge on any atom is -0.475 e. The Morgan fingerprint density at radius 2 is 1.76 bits per heavy atom. The van der Waals surface area contributed by atoms with Crippen molar-refractivity contribution in [3.8, 4) is 0 Å². The molecule has 0 spiro atoms. The maximum absolute atomic E-state index is 13.3. The van der Waals surface area contributed by atoms with Crippen molar-refractivity contribution in [2.75, 3.05) is 13.1 Å². The highest BCUT2D eigenvalue weighted by atomic mass is 35.5. The second-order valence-electron chi connectivity index (χ2n) is 6.10. The Bertz CT molecular complexity index is 876. The summed E-state index contributed by atoms with van der Waals surface area (Å²) in [6.07, 6.45) is -3.15. The highest BCUT2D eigenvalue weighted by molar-refractivity contribution is 7.98. The number of carboxylic acid groups (broad SMARTS) is 1. The van der Waals surface area contributed by atoms with Crippen LogP contribution >= 0.6 is 23.4 Å². The van der Waals surface area contributed by atoms with Crippen LogP contribution in [0, 0.1) is 11.6 Å². The first-order valence-corrected chi connectivity index (χ1v) is 9.83. The van der Waals surface area contributed by atoms with Gasteiger partial charge in [-0.05, 0) is 60.8 Å². The number of hydrogen-bond acceptors (Lipinski definition) is 3. The zero-order chi connectivity index (χ0) is 21.6. The summed E-state index contributed by atoms with van der Waals surface area (Å²) in [6.45, 7) is 1.91. The summed E-state index contributed by atoms with van der Waals surface area (Å²) < 4.78 is 58.0. The van der Waals surface area contributed by atoms with E-state index in [0.29, 0.717) is 5.75 Å². The van der Waals surface area contributed by atoms with E-state index in [1.165, 1.54) is 23.3 Å². The number of carbonyl (C=O) groups is 1. The predicted molar refractivity (Wildman–Crippen MR) is 101 cm³/mol. The van der Waals surface area contributed by atoms with Gasteiger partial charge in [-0.15, -0.1) is 11.8 Å². The van der Waals surface area contributed by atoms with Crippen molar-refractivity contribution in [1.29, 1.82) is 0 Å². The third-order valence-electron chi connectivity index (χ3n) is 4.04. The van der Waals surface area contributed by atoms with Gasteiger partial charge in [0.15, 0.2) is 11.6 Å². The fraction of sp³-hybridized carbons (Fsp3) is 0.316. The second kappa shape index (κ2) is 10.3. The van der Waals surface area contributed by atoms with Crippen molar-refractivity contribution in [2.45, 2.75) is 29.7 Å². The second-order valence-corrected chi connectivity index (χ2v) is 7.50. The van der Waals surface area contributed by atoms with Crippen molar-refractivity contribution >= 4 is 29.3 Å². The van der Waals surface area contributed by atoms with Crippen LogP contribution in [0.5, 0.6) is 0 Å². The molecule has 1 heterocycles. The van der Waals surface area contributed by atoms with Crippen molar-refractivity contribution in [2.24, 2.45) is 0 Å². The van der Waals surface area contributed by atoms with Crippen molar-refractivity contribution in [3.63, 3.8) is 0 Å². The molecule has 0 aliphatic carbocycles. The molecule has 0 saturated carbocycles. The normalized spacial score (nSPS) is 13.7. The topological polar surface area (TPSA) is 49.3 Å². The first-order chi connectivity index (χ1) is 13.6. The van der Waals surface area contributed by atoms with Crippen LogP contribution in [0.2, 0.25) is 5.02 Å². The van der Waals surface area contributed by atoms with Crippen molar-refractivity contribution in [3.05, 3.63) is 63.7 Å². The van der Waals surface area contributed by atoms with Crippen LogP contribution in [0.25, 0.3) is 0 Å². The van der Waals surface area contributed by atoms with Gasteiger partial charge in [-0.3, -0.25) is 0 Å². The average Bonchev–Trinajstić information content (AvgIpc) is 2.89. The van der Waals surface area contributed by atoms with Gasteiger partial charge >= 0.3 is 12.1 Å². The average molecular weight is 454 g/mol. The van der Waals surface area contributed by atoms with Gasteiger partial charge in [-0.2, -0.15) is 13.2 Å². The van der Waals surface area contributed by atoms with Crippen LogP contribution in [0.15, 0.2) is 35.2 Å². The van der Waals surface area contributed by atoms with Gasteiger partial charge in [0, 0.05) is 10.6 Å². The van der Waals surface area contributed by atoms with Crippen LogP contribution in [0.1, 0.15) is 16.7 Å². The smallest absolute Gasteiger partial charge is 0.475 e. The molecule has 2 aromatic rings. The van der Waals surface area contributed by atoms with Gasteiger partial charge in [0.2, 0.25) is 0 Å². The molecular formula is C19H17ClF5NO2S. The summed E-state index contributed by atoms with van der Waals surface area (Å²) >= 11 is 7.95. The van der Waals surface area contributed by atoms with Gasteiger partial charge in [0.05, 0.1) is 5.02 Å². The third-order valence-corrected chi connectivity index (χ3v) is 5.70. The molecule has 29 heavy (non-hydrogen) atoms. The van der Waals surface area contributed by atoms with Crippen LogP contribution < -0.4 is 5.32 Å². The Morgan fingerprint density at radius 1 is 1.10 bits per heavy atom. The highest BCUT2D eigenvalue weighted by Crippen LogP contribution is 2.36. The lowest BCUT2D eigenvalue weighted by Gasteiger charge is -2.14. The zero-order valence-electron chi connectivity index (χ0n) is 15.0. The summed E-state index contributed by atoms with van der Waals surface area (Å²) in [4.78, 5) is 9.96. The quantitative estimate of drug-likeness (QED) is 0.493. The number of rotatable bonds is 3. The Labute approximate surface area is 173 Å². The molecule has 2 N–H and O–H groups in total. The number of fused-ring (bicyclic) bond motifs is 1. The lowest BCUT2D eigenvalue weighted by atomic mass is 10.0. The Morgan fingerprint density at radius 3 is 2.38 bits per heavy atom. The standard InChI is InChI=1S/C17H16ClF2NS.C2HF3O2/c18-14-3-2-12-5-7-21-8-6-13(12)17(14)22-10-11-1-4-15(19)16(20)9-11;3-2(4,5)1(6)7/h1-4,9,21H,5-8,10H2;(H,6,7). The number of aliphatic carboxylic acids is 1. The summed E-state index contributed by atoms with van der Waals surface area (Å²) in [6, 6.07) is 8.05. The summed E-state index contributed by atoms with van der Waals surface area (Å²) in [5.41, 5.74) is 3.36. The van der Waals surface area contributed by atoms with Gasteiger partial charge in [-0.1, -0.05) is 23.7 Å². The van der Waals surface area contributed by atoms with Crippen LogP contribution in [-0.4, -0.2) is 30.3 Å². The van der Waals surface area contributed by atoms with Gasteiger partial charge in [0.1, 0.15) is 0 Å². The maximum atomic E-state index is 13.3. The fourth-order valence-electron chi connectivity index (χ4n) is 2.65. The third kappa shape index (κ3) is 6.87. The molecule has 0 saturated heterocycles. The fourth-order valence-corrected chi connectivity index (χ4v) is 4.10. The molecule has 0 radical (unpaired) electrons. The van der Waals surface area contributed by atoms with Crippen molar-refractivity contribution in [1.82, 2.24) is 5.32 Å². The van der Waals surface area contributed by atoms with Crippen LogP contribution in [0.4, 0.5) is 22.0 Å². The van der Waals surface area contributed by atoms with E-state index in [2.05, 4.69) is 11.4 Å². The number of hydrogen-bond donors (Lipinski definition) is 2. The van der Waals surface area contributed by atoms with E-state index in [4.69, 9.17) is 21.5 Å². The molecule has 0 amide bonds. The number of carboxylic acids is 1. The summed E-state index contributed by atoms with van der Waals surface area (Å²) in [5.74, 6) is -3.81. The lowest BCUT2D eigenvalue weighted by molar-refractivity contribution is -0.192. The largest absolute Gasteiger partial charge is 0.490 e. The number of benzene rings is 2. The van der Waals surface area contributed by atoms with Gasteiger partial charge in [-0.25, -0.2) is 13.6 Å². The molecule has 1 aliphatic heterocycles. The van der Waals surface area contributed by atoms with Crippen LogP contribution in [0.3, 0.4) is 0 Å². The Hall–Kier alpha value is -1.84. The Balaban J connectivity index is 0.000000370. The first-order valence-electron chi connectivity index (χ1n) is 8.47. The minimum absolute atomic E-state index is 0.570. The molecule has 0 fully saturated rings. The van der Waals surface area contributed by atoms with Gasteiger partial charge < -0.3 is 10.4 Å². The highest BCUT2D eigenvalue weighted by Gasteiger charge is 2.38. The van der Waals surface area contributed by atoms with E-state index in [9.17, 15) is 22.0 Å². The number of thioether (sulfide) groups is 1. The molecule has 3 nitrogen and oxygen atoms in total. The lowest BCUT2D eigenvalue weighted by Crippen LogP contribution is -2.21. The predicted octanol–water partition coefficient (Wildman–Crippen LogP) is 5.23. The van der Waals surface area contributed by atoms with Crippen LogP contribution in [-0.2, 0) is 23.4 Å². The van der Waals surface area contributed by atoms with E-state index >= 15 is 0 Å². The molecular weight excluding hydrogens is 437 g/mol. The van der Waals surface area contributed by atoms with Crippen molar-refractivity contribution < 1.29 is 31.9 Å². The molecule has 3 rings (SSSR count). The van der Waals surface area contributed by atoms with E-state index in [1.807, 2.05) is 6.07 Å². The van der Waals surface area contributed by atoms with E-state index in [-0.39, 0.29) is 0 Å². The number of alkyl halides is 3. The summed E-state index contributed by atoms with van der Waals surface area (Å²) in [5, 5.41) is 11.2.